The quantitative estimate of drug-likeness (QED) is 0.746. The van der Waals surface area contributed by atoms with E-state index in [1.807, 2.05) is 27.8 Å². The fourth-order valence-electron chi connectivity index (χ4n) is 2.74. The van der Waals surface area contributed by atoms with Crippen LogP contribution in [0.5, 0.6) is 0 Å². The lowest BCUT2D eigenvalue weighted by Gasteiger charge is -2.35. The zero-order chi connectivity index (χ0) is 15.3. The number of hydrogen-bond acceptors (Lipinski definition) is 4. The van der Waals surface area contributed by atoms with Gasteiger partial charge in [0.2, 0.25) is 5.91 Å². The van der Waals surface area contributed by atoms with Gasteiger partial charge in [-0.3, -0.25) is 4.79 Å². The number of piperidine rings is 1. The van der Waals surface area contributed by atoms with Gasteiger partial charge in [-0.1, -0.05) is 13.8 Å². The number of nitrogens with zero attached hydrogens (tertiary/aromatic N) is 2. The van der Waals surface area contributed by atoms with Crippen molar-refractivity contribution in [3.05, 3.63) is 0 Å². The molecule has 1 aliphatic heterocycles. The predicted molar refractivity (Wildman–Crippen MR) is 81.3 cm³/mol. The molecule has 3 N–H and O–H groups in total. The molecule has 1 unspecified atom stereocenters. The number of rotatable bonds is 6. The number of carbonyl (C=O) groups excluding carboxylic acids is 1. The van der Waals surface area contributed by atoms with Gasteiger partial charge in [0.15, 0.2) is 0 Å². The highest BCUT2D eigenvalue weighted by atomic mass is 16.3. The van der Waals surface area contributed by atoms with Crippen molar-refractivity contribution in [2.24, 2.45) is 17.6 Å². The Kier molecular flexibility index (Phi) is 6.92. The van der Waals surface area contributed by atoms with Crippen LogP contribution in [0.3, 0.4) is 0 Å². The molecule has 5 heteroatoms. The monoisotopic (exact) mass is 285 g/mol. The zero-order valence-corrected chi connectivity index (χ0v) is 13.4. The molecule has 0 aromatic carbocycles. The van der Waals surface area contributed by atoms with Crippen LogP contribution in [0, 0.1) is 11.8 Å². The summed E-state index contributed by atoms with van der Waals surface area (Å²) in [6.45, 7) is 9.34. The molecule has 0 radical (unpaired) electrons. The topological polar surface area (TPSA) is 69.8 Å². The van der Waals surface area contributed by atoms with Crippen molar-refractivity contribution < 1.29 is 9.90 Å². The zero-order valence-electron chi connectivity index (χ0n) is 13.4. The third-order valence-corrected chi connectivity index (χ3v) is 4.14. The standard InChI is InChI=1S/C15H31N3O2/c1-11(2)14(16)15(20)17(4)10-13-5-7-18(8-6-13)9-12(3)19/h11-14,19H,5-10,16H2,1-4H3/t12?,14-/m0/s1. The summed E-state index contributed by atoms with van der Waals surface area (Å²) < 4.78 is 0. The first-order valence-electron chi connectivity index (χ1n) is 7.72. The number of hydrogen-bond donors (Lipinski definition) is 2. The fourth-order valence-corrected chi connectivity index (χ4v) is 2.74. The second-order valence-corrected chi connectivity index (χ2v) is 6.58. The molecule has 1 aliphatic rings. The van der Waals surface area contributed by atoms with Gasteiger partial charge in [-0.25, -0.2) is 0 Å². The van der Waals surface area contributed by atoms with Crippen LogP contribution >= 0.6 is 0 Å². The van der Waals surface area contributed by atoms with Crippen LogP contribution in [-0.4, -0.2) is 66.2 Å². The average molecular weight is 285 g/mol. The van der Waals surface area contributed by atoms with Crippen molar-refractivity contribution in [1.82, 2.24) is 9.80 Å². The second-order valence-electron chi connectivity index (χ2n) is 6.58. The number of amides is 1. The summed E-state index contributed by atoms with van der Waals surface area (Å²) >= 11 is 0. The SMILES string of the molecule is CC(O)CN1CCC(CN(C)C(=O)[C@@H](N)C(C)C)CC1. The molecule has 20 heavy (non-hydrogen) atoms. The second kappa shape index (κ2) is 7.96. The molecule has 1 fully saturated rings. The summed E-state index contributed by atoms with van der Waals surface area (Å²) in [5, 5.41) is 9.39. The lowest BCUT2D eigenvalue weighted by atomic mass is 9.95. The molecule has 118 valence electrons. The van der Waals surface area contributed by atoms with E-state index in [-0.39, 0.29) is 17.9 Å². The van der Waals surface area contributed by atoms with Crippen molar-refractivity contribution in [2.45, 2.75) is 45.8 Å². The minimum absolute atomic E-state index is 0.0476. The molecule has 1 amide bonds. The summed E-state index contributed by atoms with van der Waals surface area (Å²) in [7, 11) is 1.85. The number of nitrogens with two attached hydrogens (primary N) is 1. The van der Waals surface area contributed by atoms with Gasteiger partial charge < -0.3 is 20.6 Å². The van der Waals surface area contributed by atoms with Crippen molar-refractivity contribution in [3.63, 3.8) is 0 Å². The summed E-state index contributed by atoms with van der Waals surface area (Å²) in [5.74, 6) is 0.776. The predicted octanol–water partition coefficient (Wildman–Crippen LogP) is 0.521. The first-order valence-corrected chi connectivity index (χ1v) is 7.72. The van der Waals surface area contributed by atoms with Gasteiger partial charge in [-0.2, -0.15) is 0 Å². The molecule has 0 saturated carbocycles. The Balaban J connectivity index is 2.34. The van der Waals surface area contributed by atoms with E-state index in [2.05, 4.69) is 4.90 Å². The van der Waals surface area contributed by atoms with Crippen LogP contribution in [0.25, 0.3) is 0 Å². The minimum atomic E-state index is -0.393. The van der Waals surface area contributed by atoms with Crippen LogP contribution in [0.1, 0.15) is 33.6 Å². The molecule has 1 rings (SSSR count). The molecule has 0 bridgehead atoms. The van der Waals surface area contributed by atoms with Crippen molar-refractivity contribution in [2.75, 3.05) is 33.2 Å². The highest BCUT2D eigenvalue weighted by Gasteiger charge is 2.25. The average Bonchev–Trinajstić information content (AvgIpc) is 2.38. The summed E-state index contributed by atoms with van der Waals surface area (Å²) in [6, 6.07) is -0.393. The maximum absolute atomic E-state index is 12.1. The van der Waals surface area contributed by atoms with E-state index in [0.29, 0.717) is 5.92 Å². The number of aliphatic hydroxyl groups excluding tert-OH is 1. The largest absolute Gasteiger partial charge is 0.392 e. The molecule has 2 atom stereocenters. The number of likely N-dealkylation sites (N-methyl/N-ethyl adjacent to an activating group) is 1. The van der Waals surface area contributed by atoms with Crippen LogP contribution in [0.4, 0.5) is 0 Å². The summed E-state index contributed by atoms with van der Waals surface area (Å²) in [6.07, 6.45) is 1.91. The van der Waals surface area contributed by atoms with Gasteiger partial charge in [0.1, 0.15) is 0 Å². The Bertz CT molecular complexity index is 299. The van der Waals surface area contributed by atoms with Crippen LogP contribution < -0.4 is 5.73 Å². The first-order chi connectivity index (χ1) is 9.31. The van der Waals surface area contributed by atoms with Gasteiger partial charge in [-0.15, -0.1) is 0 Å². The number of β-amino-alcohol motifs (C(OH)–C–C–N with tert-alkyl or cyclic N) is 1. The Hall–Kier alpha value is -0.650. The van der Waals surface area contributed by atoms with Crippen molar-refractivity contribution >= 4 is 5.91 Å². The molecule has 1 heterocycles. The molecule has 0 spiro atoms. The smallest absolute Gasteiger partial charge is 0.239 e. The van der Waals surface area contributed by atoms with Gasteiger partial charge in [0, 0.05) is 20.1 Å². The van der Waals surface area contributed by atoms with E-state index in [9.17, 15) is 9.90 Å². The Morgan fingerprint density at radius 2 is 1.90 bits per heavy atom. The lowest BCUT2D eigenvalue weighted by Crippen LogP contribution is -2.47. The van der Waals surface area contributed by atoms with Crippen LogP contribution in [0.2, 0.25) is 0 Å². The van der Waals surface area contributed by atoms with E-state index < -0.39 is 6.04 Å². The molecular formula is C15H31N3O2. The van der Waals surface area contributed by atoms with E-state index in [1.165, 1.54) is 0 Å². The highest BCUT2D eigenvalue weighted by Crippen LogP contribution is 2.18. The third kappa shape index (κ3) is 5.38. The summed E-state index contributed by atoms with van der Waals surface area (Å²) in [5.41, 5.74) is 5.92. The van der Waals surface area contributed by atoms with E-state index in [4.69, 9.17) is 5.73 Å². The maximum Gasteiger partial charge on any atom is 0.239 e. The van der Waals surface area contributed by atoms with Gasteiger partial charge >= 0.3 is 0 Å². The Morgan fingerprint density at radius 1 is 1.35 bits per heavy atom. The molecule has 1 saturated heterocycles. The van der Waals surface area contributed by atoms with Crippen molar-refractivity contribution in [1.29, 1.82) is 0 Å². The van der Waals surface area contributed by atoms with Crippen LogP contribution in [0.15, 0.2) is 0 Å². The molecule has 0 aromatic rings. The number of carbonyl (C=O) groups is 1. The van der Waals surface area contributed by atoms with E-state index in [1.54, 1.807) is 4.90 Å². The fraction of sp³-hybridized carbons (Fsp3) is 0.933. The third-order valence-electron chi connectivity index (χ3n) is 4.14. The molecular weight excluding hydrogens is 254 g/mol. The molecule has 0 aliphatic carbocycles. The van der Waals surface area contributed by atoms with Gasteiger partial charge in [0.05, 0.1) is 12.1 Å². The lowest BCUT2D eigenvalue weighted by molar-refractivity contribution is -0.133. The minimum Gasteiger partial charge on any atom is -0.392 e. The molecule has 5 nitrogen and oxygen atoms in total. The van der Waals surface area contributed by atoms with Gasteiger partial charge in [-0.05, 0) is 44.7 Å². The highest BCUT2D eigenvalue weighted by molar-refractivity contribution is 5.81. The normalized spacial score (nSPS) is 20.9. The van der Waals surface area contributed by atoms with Gasteiger partial charge in [0.25, 0.3) is 0 Å². The number of likely N-dealkylation sites (tertiary alicyclic amines) is 1. The Morgan fingerprint density at radius 3 is 2.35 bits per heavy atom. The maximum atomic E-state index is 12.1. The Labute approximate surface area is 123 Å². The number of aliphatic hydroxyl groups is 1. The summed E-state index contributed by atoms with van der Waals surface area (Å²) in [4.78, 5) is 16.2. The molecule has 0 aromatic heterocycles. The van der Waals surface area contributed by atoms with Crippen LogP contribution in [-0.2, 0) is 4.79 Å². The van der Waals surface area contributed by atoms with E-state index in [0.717, 1.165) is 39.0 Å². The van der Waals surface area contributed by atoms with E-state index >= 15 is 0 Å². The van der Waals surface area contributed by atoms with Crippen molar-refractivity contribution in [3.8, 4) is 0 Å². The first kappa shape index (κ1) is 17.4.